The lowest BCUT2D eigenvalue weighted by molar-refractivity contribution is -0.115. The van der Waals surface area contributed by atoms with E-state index in [1.807, 2.05) is 6.20 Å². The third-order valence-electron chi connectivity index (χ3n) is 3.17. The van der Waals surface area contributed by atoms with Gasteiger partial charge in [0.05, 0.1) is 0 Å². The van der Waals surface area contributed by atoms with Gasteiger partial charge >= 0.3 is 0 Å². The van der Waals surface area contributed by atoms with Crippen LogP contribution in [0.4, 0.5) is 0 Å². The molecule has 1 aliphatic carbocycles. The number of carbonyl (C=O) groups excluding carboxylic acids is 1. The first-order valence-electron chi connectivity index (χ1n) is 5.30. The van der Waals surface area contributed by atoms with Crippen molar-refractivity contribution in [1.82, 2.24) is 4.98 Å². The molecule has 0 aliphatic heterocycles. The summed E-state index contributed by atoms with van der Waals surface area (Å²) >= 11 is 3.40. The van der Waals surface area contributed by atoms with Crippen LogP contribution in [0.25, 0.3) is 0 Å². The Morgan fingerprint density at radius 2 is 2.13 bits per heavy atom. The van der Waals surface area contributed by atoms with E-state index >= 15 is 0 Å². The maximum absolute atomic E-state index is 11.2. The van der Waals surface area contributed by atoms with Crippen LogP contribution in [0.5, 0.6) is 0 Å². The fourth-order valence-corrected chi connectivity index (χ4v) is 2.79. The second-order valence-corrected chi connectivity index (χ2v) is 5.29. The summed E-state index contributed by atoms with van der Waals surface area (Å²) in [5, 5.41) is 0. The Labute approximate surface area is 98.2 Å². The molecule has 1 heterocycles. The topological polar surface area (TPSA) is 30.0 Å². The minimum Gasteiger partial charge on any atom is -0.303 e. The van der Waals surface area contributed by atoms with Gasteiger partial charge in [-0.05, 0) is 46.8 Å². The van der Waals surface area contributed by atoms with Gasteiger partial charge in [-0.15, -0.1) is 0 Å². The highest BCUT2D eigenvalue weighted by molar-refractivity contribution is 9.10. The van der Waals surface area contributed by atoms with Gasteiger partial charge in [-0.1, -0.05) is 12.8 Å². The number of hydrogen-bond donors (Lipinski definition) is 0. The van der Waals surface area contributed by atoms with Crippen LogP contribution >= 0.6 is 15.9 Å². The largest absolute Gasteiger partial charge is 0.303 e. The second-order valence-electron chi connectivity index (χ2n) is 4.38. The highest BCUT2D eigenvalue weighted by atomic mass is 79.9. The van der Waals surface area contributed by atoms with Crippen LogP contribution < -0.4 is 0 Å². The third-order valence-corrected chi connectivity index (χ3v) is 3.60. The summed E-state index contributed by atoms with van der Waals surface area (Å²) < 4.78 is 0.985. The zero-order valence-corrected chi connectivity index (χ0v) is 10.2. The molecule has 15 heavy (non-hydrogen) atoms. The summed E-state index contributed by atoms with van der Waals surface area (Å²) in [6.07, 6.45) is 10.0. The molecule has 0 atom stereocenters. The van der Waals surface area contributed by atoms with Gasteiger partial charge in [0.1, 0.15) is 6.29 Å². The van der Waals surface area contributed by atoms with Gasteiger partial charge in [-0.3, -0.25) is 4.98 Å². The SMILES string of the molecule is O=CC1(Cc2cncc(Br)c2)CCCC1. The van der Waals surface area contributed by atoms with Crippen LogP contribution in [0.2, 0.25) is 0 Å². The molecular weight excluding hydrogens is 254 g/mol. The minimum absolute atomic E-state index is 0.109. The Kier molecular flexibility index (Phi) is 3.19. The first-order valence-corrected chi connectivity index (χ1v) is 6.09. The van der Waals surface area contributed by atoms with Gasteiger partial charge in [-0.25, -0.2) is 0 Å². The normalized spacial score (nSPS) is 19.0. The van der Waals surface area contributed by atoms with Crippen LogP contribution in [0.15, 0.2) is 22.9 Å². The number of hydrogen-bond acceptors (Lipinski definition) is 2. The molecular formula is C12H14BrNO. The van der Waals surface area contributed by atoms with Crippen molar-refractivity contribution >= 4 is 22.2 Å². The number of carbonyl (C=O) groups is 1. The lowest BCUT2D eigenvalue weighted by atomic mass is 9.82. The number of aldehydes is 1. The first kappa shape index (κ1) is 10.8. The van der Waals surface area contributed by atoms with Crippen LogP contribution in [-0.2, 0) is 11.2 Å². The quantitative estimate of drug-likeness (QED) is 0.788. The van der Waals surface area contributed by atoms with Gasteiger partial charge in [-0.2, -0.15) is 0 Å². The van der Waals surface area contributed by atoms with E-state index in [9.17, 15) is 4.79 Å². The van der Waals surface area contributed by atoms with E-state index < -0.39 is 0 Å². The number of halogens is 1. The highest BCUT2D eigenvalue weighted by Crippen LogP contribution is 2.39. The van der Waals surface area contributed by atoms with Gasteiger partial charge in [0, 0.05) is 22.3 Å². The summed E-state index contributed by atoms with van der Waals surface area (Å²) in [7, 11) is 0. The molecule has 0 saturated heterocycles. The zero-order chi connectivity index (χ0) is 10.7. The summed E-state index contributed by atoms with van der Waals surface area (Å²) in [5.41, 5.74) is 1.04. The molecule has 0 spiro atoms. The molecule has 1 aromatic rings. The van der Waals surface area contributed by atoms with Gasteiger partial charge in [0.15, 0.2) is 0 Å². The number of nitrogens with zero attached hydrogens (tertiary/aromatic N) is 1. The zero-order valence-electron chi connectivity index (χ0n) is 8.58. The van der Waals surface area contributed by atoms with Crippen molar-refractivity contribution < 1.29 is 4.79 Å². The van der Waals surface area contributed by atoms with E-state index in [-0.39, 0.29) is 5.41 Å². The van der Waals surface area contributed by atoms with Crippen LogP contribution in [0.1, 0.15) is 31.2 Å². The van der Waals surface area contributed by atoms with E-state index in [0.717, 1.165) is 35.6 Å². The fourth-order valence-electron chi connectivity index (χ4n) is 2.37. The monoisotopic (exact) mass is 267 g/mol. The van der Waals surface area contributed by atoms with Crippen LogP contribution in [0.3, 0.4) is 0 Å². The molecule has 0 aromatic carbocycles. The van der Waals surface area contributed by atoms with Crippen molar-refractivity contribution in [3.05, 3.63) is 28.5 Å². The Morgan fingerprint density at radius 3 is 2.73 bits per heavy atom. The number of pyridine rings is 1. The molecule has 1 aliphatic rings. The summed E-state index contributed by atoms with van der Waals surface area (Å²) in [4.78, 5) is 15.3. The smallest absolute Gasteiger partial charge is 0.126 e. The third kappa shape index (κ3) is 2.46. The molecule has 3 heteroatoms. The average molecular weight is 268 g/mol. The predicted octanol–water partition coefficient (Wildman–Crippen LogP) is 3.15. The molecule has 2 nitrogen and oxygen atoms in total. The molecule has 1 aromatic heterocycles. The van der Waals surface area contributed by atoms with Crippen LogP contribution in [-0.4, -0.2) is 11.3 Å². The molecule has 1 fully saturated rings. The van der Waals surface area contributed by atoms with Crippen molar-refractivity contribution in [3.63, 3.8) is 0 Å². The molecule has 0 unspecified atom stereocenters. The van der Waals surface area contributed by atoms with E-state index in [4.69, 9.17) is 0 Å². The molecule has 80 valence electrons. The van der Waals surface area contributed by atoms with Crippen molar-refractivity contribution in [3.8, 4) is 0 Å². The molecule has 0 amide bonds. The van der Waals surface area contributed by atoms with Crippen molar-refractivity contribution in [1.29, 1.82) is 0 Å². The van der Waals surface area contributed by atoms with Gasteiger partial charge < -0.3 is 4.79 Å². The predicted molar refractivity (Wildman–Crippen MR) is 62.6 cm³/mol. The summed E-state index contributed by atoms with van der Waals surface area (Å²) in [6, 6.07) is 2.05. The Balaban J connectivity index is 2.16. The van der Waals surface area contributed by atoms with Crippen molar-refractivity contribution in [2.45, 2.75) is 32.1 Å². The Hall–Kier alpha value is -0.700. The fraction of sp³-hybridized carbons (Fsp3) is 0.500. The average Bonchev–Trinajstić information content (AvgIpc) is 2.67. The number of aromatic nitrogens is 1. The Bertz CT molecular complexity index is 358. The van der Waals surface area contributed by atoms with E-state index in [0.29, 0.717) is 0 Å². The second kappa shape index (κ2) is 4.44. The minimum atomic E-state index is -0.109. The molecule has 1 saturated carbocycles. The maximum Gasteiger partial charge on any atom is 0.126 e. The van der Waals surface area contributed by atoms with Gasteiger partial charge in [0.25, 0.3) is 0 Å². The maximum atomic E-state index is 11.2. The molecule has 2 rings (SSSR count). The lowest BCUT2D eigenvalue weighted by Gasteiger charge is -2.21. The first-order chi connectivity index (χ1) is 7.24. The van der Waals surface area contributed by atoms with Crippen LogP contribution in [0, 0.1) is 5.41 Å². The number of rotatable bonds is 3. The molecule has 0 radical (unpaired) electrons. The molecule has 0 bridgehead atoms. The van der Waals surface area contributed by atoms with E-state index in [1.165, 1.54) is 12.8 Å². The van der Waals surface area contributed by atoms with E-state index in [2.05, 4.69) is 27.0 Å². The molecule has 0 N–H and O–H groups in total. The van der Waals surface area contributed by atoms with E-state index in [1.54, 1.807) is 6.20 Å². The summed E-state index contributed by atoms with van der Waals surface area (Å²) in [6.45, 7) is 0. The Morgan fingerprint density at radius 1 is 1.40 bits per heavy atom. The standard InChI is InChI=1S/C12H14BrNO/c13-11-5-10(7-14-8-11)6-12(9-15)3-1-2-4-12/h5,7-9H,1-4,6H2. The lowest BCUT2D eigenvalue weighted by Crippen LogP contribution is -2.21. The summed E-state index contributed by atoms with van der Waals surface area (Å²) in [5.74, 6) is 0. The van der Waals surface area contributed by atoms with Gasteiger partial charge in [0.2, 0.25) is 0 Å². The highest BCUT2D eigenvalue weighted by Gasteiger charge is 2.33. The van der Waals surface area contributed by atoms with Crippen molar-refractivity contribution in [2.75, 3.05) is 0 Å². The van der Waals surface area contributed by atoms with Crippen molar-refractivity contribution in [2.24, 2.45) is 5.41 Å².